The highest BCUT2D eigenvalue weighted by molar-refractivity contribution is 9.10. The number of rotatable bonds is 4. The number of aromatic carboxylic acids is 1. The Morgan fingerprint density at radius 3 is 2.45 bits per heavy atom. The molecule has 0 fully saturated rings. The highest BCUT2D eigenvalue weighted by atomic mass is 79.9. The van der Waals surface area contributed by atoms with Crippen LogP contribution in [0.4, 0.5) is 10.1 Å². The summed E-state index contributed by atoms with van der Waals surface area (Å²) in [7, 11) is -4.16. The molecule has 2 aromatic carbocycles. The average Bonchev–Trinajstić information content (AvgIpc) is 2.41. The number of anilines is 1. The third kappa shape index (κ3) is 3.45. The summed E-state index contributed by atoms with van der Waals surface area (Å²) in [5.41, 5.74) is 0.640. The van der Waals surface area contributed by atoms with Crippen LogP contribution in [0.2, 0.25) is 0 Å². The Kier molecular flexibility index (Phi) is 4.52. The third-order valence-corrected chi connectivity index (χ3v) is 4.79. The number of sulfonamides is 1. The molecule has 8 heteroatoms. The second-order valence-corrected chi connectivity index (χ2v) is 7.08. The molecule has 22 heavy (non-hydrogen) atoms. The first kappa shape index (κ1) is 16.4. The number of carbonyl (C=O) groups is 1. The predicted octanol–water partition coefficient (Wildman–Crippen LogP) is 3.40. The maximum atomic E-state index is 13.9. The Balaban J connectivity index is 2.40. The van der Waals surface area contributed by atoms with Crippen LogP contribution in [0, 0.1) is 12.7 Å². The Morgan fingerprint density at radius 2 is 1.91 bits per heavy atom. The van der Waals surface area contributed by atoms with E-state index in [1.165, 1.54) is 0 Å². The number of hydrogen-bond acceptors (Lipinski definition) is 3. The summed E-state index contributed by atoms with van der Waals surface area (Å²) in [5.74, 6) is -2.46. The zero-order valence-corrected chi connectivity index (χ0v) is 13.7. The molecule has 0 aliphatic rings. The van der Waals surface area contributed by atoms with Gasteiger partial charge in [0, 0.05) is 4.47 Å². The smallest absolute Gasteiger partial charge is 0.335 e. The highest BCUT2D eigenvalue weighted by Crippen LogP contribution is 2.24. The maximum Gasteiger partial charge on any atom is 0.335 e. The molecule has 0 aromatic heterocycles. The quantitative estimate of drug-likeness (QED) is 0.841. The van der Waals surface area contributed by atoms with E-state index < -0.39 is 26.7 Å². The number of nitrogens with one attached hydrogen (secondary N) is 1. The van der Waals surface area contributed by atoms with Gasteiger partial charge in [0.05, 0.1) is 11.3 Å². The summed E-state index contributed by atoms with van der Waals surface area (Å²) in [5, 5.41) is 8.76. The fraction of sp³-hybridized carbons (Fsp3) is 0.0714. The van der Waals surface area contributed by atoms with Crippen LogP contribution in [0.3, 0.4) is 0 Å². The molecular weight excluding hydrogens is 377 g/mol. The van der Waals surface area contributed by atoms with Gasteiger partial charge in [-0.05, 0) is 48.9 Å². The fourth-order valence-corrected chi connectivity index (χ4v) is 3.46. The molecule has 5 nitrogen and oxygen atoms in total. The summed E-state index contributed by atoms with van der Waals surface area (Å²) >= 11 is 3.26. The molecular formula is C14H11BrFNO4S. The van der Waals surface area contributed by atoms with Gasteiger partial charge in [-0.3, -0.25) is 4.72 Å². The van der Waals surface area contributed by atoms with Crippen LogP contribution < -0.4 is 4.72 Å². The minimum Gasteiger partial charge on any atom is -0.478 e. The van der Waals surface area contributed by atoms with Crippen molar-refractivity contribution in [2.75, 3.05) is 4.72 Å². The van der Waals surface area contributed by atoms with E-state index in [0.29, 0.717) is 17.3 Å². The van der Waals surface area contributed by atoms with Crippen LogP contribution in [0.1, 0.15) is 15.9 Å². The lowest BCUT2D eigenvalue weighted by Gasteiger charge is -2.11. The van der Waals surface area contributed by atoms with Gasteiger partial charge in [0.25, 0.3) is 10.0 Å². The Labute approximate surface area is 135 Å². The molecule has 2 aromatic rings. The van der Waals surface area contributed by atoms with Crippen molar-refractivity contribution >= 4 is 37.6 Å². The second-order valence-electron chi connectivity index (χ2n) is 4.52. The van der Waals surface area contributed by atoms with E-state index in [2.05, 4.69) is 20.7 Å². The largest absolute Gasteiger partial charge is 0.478 e. The van der Waals surface area contributed by atoms with Crippen molar-refractivity contribution < 1.29 is 22.7 Å². The van der Waals surface area contributed by atoms with Crippen molar-refractivity contribution in [3.05, 3.63) is 57.8 Å². The van der Waals surface area contributed by atoms with Gasteiger partial charge in [-0.1, -0.05) is 15.9 Å². The van der Waals surface area contributed by atoms with Gasteiger partial charge in [0.15, 0.2) is 0 Å². The normalized spacial score (nSPS) is 11.2. The Morgan fingerprint density at radius 1 is 1.23 bits per heavy atom. The topological polar surface area (TPSA) is 83.5 Å². The van der Waals surface area contributed by atoms with Crippen molar-refractivity contribution in [1.29, 1.82) is 0 Å². The Hall–Kier alpha value is -1.93. The molecule has 0 aliphatic carbocycles. The Bertz CT molecular complexity index is 852. The molecule has 0 amide bonds. The molecule has 0 heterocycles. The standard InChI is InChI=1S/C14H11BrFNO4S/c1-8-6-10(15)3-4-12(8)17-22(20,21)13-5-2-9(14(18)19)7-11(13)16/h2-7,17H,1H3,(H,18,19). The van der Waals surface area contributed by atoms with Gasteiger partial charge < -0.3 is 5.11 Å². The van der Waals surface area contributed by atoms with E-state index in [1.807, 2.05) is 0 Å². The lowest BCUT2D eigenvalue weighted by atomic mass is 10.2. The molecule has 0 aliphatic heterocycles. The number of benzene rings is 2. The minimum atomic E-state index is -4.16. The van der Waals surface area contributed by atoms with Crippen molar-refractivity contribution in [3.63, 3.8) is 0 Å². The van der Waals surface area contributed by atoms with Gasteiger partial charge in [0.1, 0.15) is 10.7 Å². The molecule has 0 radical (unpaired) electrons. The van der Waals surface area contributed by atoms with Crippen LogP contribution in [0.25, 0.3) is 0 Å². The SMILES string of the molecule is Cc1cc(Br)ccc1NS(=O)(=O)c1ccc(C(=O)O)cc1F. The van der Waals surface area contributed by atoms with Gasteiger partial charge in [-0.15, -0.1) is 0 Å². The zero-order valence-electron chi connectivity index (χ0n) is 11.3. The van der Waals surface area contributed by atoms with E-state index in [-0.39, 0.29) is 5.56 Å². The molecule has 0 spiro atoms. The molecule has 116 valence electrons. The van der Waals surface area contributed by atoms with E-state index in [1.54, 1.807) is 25.1 Å². The number of halogens is 2. The van der Waals surface area contributed by atoms with E-state index in [9.17, 15) is 17.6 Å². The number of hydrogen-bond donors (Lipinski definition) is 2. The number of aryl methyl sites for hydroxylation is 1. The first-order valence-corrected chi connectivity index (χ1v) is 8.30. The van der Waals surface area contributed by atoms with Crippen molar-refractivity contribution in [2.45, 2.75) is 11.8 Å². The highest BCUT2D eigenvalue weighted by Gasteiger charge is 2.21. The summed E-state index contributed by atoms with van der Waals surface area (Å²) in [6.07, 6.45) is 0. The monoisotopic (exact) mass is 387 g/mol. The van der Waals surface area contributed by atoms with Gasteiger partial charge in [-0.25, -0.2) is 17.6 Å². The van der Waals surface area contributed by atoms with E-state index >= 15 is 0 Å². The molecule has 0 atom stereocenters. The van der Waals surface area contributed by atoms with Crippen LogP contribution in [0.5, 0.6) is 0 Å². The van der Waals surface area contributed by atoms with Gasteiger partial charge in [-0.2, -0.15) is 0 Å². The second kappa shape index (κ2) is 6.05. The fourth-order valence-electron chi connectivity index (χ4n) is 1.79. The first-order valence-electron chi connectivity index (χ1n) is 6.02. The van der Waals surface area contributed by atoms with Crippen LogP contribution >= 0.6 is 15.9 Å². The third-order valence-electron chi connectivity index (χ3n) is 2.90. The van der Waals surface area contributed by atoms with Crippen molar-refractivity contribution in [3.8, 4) is 0 Å². The molecule has 2 rings (SSSR count). The van der Waals surface area contributed by atoms with Crippen LogP contribution in [-0.4, -0.2) is 19.5 Å². The van der Waals surface area contributed by atoms with Gasteiger partial charge in [0.2, 0.25) is 0 Å². The zero-order chi connectivity index (χ0) is 16.5. The molecule has 0 saturated heterocycles. The summed E-state index contributed by atoms with van der Waals surface area (Å²) in [4.78, 5) is 10.1. The van der Waals surface area contributed by atoms with Crippen molar-refractivity contribution in [1.82, 2.24) is 0 Å². The summed E-state index contributed by atoms with van der Waals surface area (Å²) < 4.78 is 41.4. The van der Waals surface area contributed by atoms with Gasteiger partial charge >= 0.3 is 5.97 Å². The lowest BCUT2D eigenvalue weighted by Crippen LogP contribution is -2.16. The summed E-state index contributed by atoms with van der Waals surface area (Å²) in [6, 6.07) is 7.53. The van der Waals surface area contributed by atoms with Crippen LogP contribution in [-0.2, 0) is 10.0 Å². The molecule has 2 N–H and O–H groups in total. The molecule has 0 bridgehead atoms. The molecule has 0 unspecified atom stereocenters. The number of carboxylic acid groups (broad SMARTS) is 1. The average molecular weight is 388 g/mol. The summed E-state index contributed by atoms with van der Waals surface area (Å²) in [6.45, 7) is 1.70. The maximum absolute atomic E-state index is 13.9. The predicted molar refractivity (Wildman–Crippen MR) is 83.0 cm³/mol. The molecule has 0 saturated carbocycles. The number of carboxylic acids is 1. The van der Waals surface area contributed by atoms with Crippen LogP contribution in [0.15, 0.2) is 45.8 Å². The lowest BCUT2D eigenvalue weighted by molar-refractivity contribution is 0.0696. The minimum absolute atomic E-state index is 0.310. The van der Waals surface area contributed by atoms with E-state index in [4.69, 9.17) is 5.11 Å². The first-order chi connectivity index (χ1) is 10.2. The van der Waals surface area contributed by atoms with E-state index in [0.717, 1.165) is 16.6 Å². The van der Waals surface area contributed by atoms with Crippen molar-refractivity contribution in [2.24, 2.45) is 0 Å².